The smallest absolute Gasteiger partial charge is 0.308 e. The number of sulfonamides is 1. The lowest BCUT2D eigenvalue weighted by molar-refractivity contribution is -0.151. The van der Waals surface area contributed by atoms with Crippen molar-refractivity contribution in [2.24, 2.45) is 5.92 Å². The molecule has 0 saturated heterocycles. The first-order valence-corrected chi connectivity index (χ1v) is 8.28. The molecule has 3 rings (SSSR count). The Morgan fingerprint density at radius 3 is 2.62 bits per heavy atom. The van der Waals surface area contributed by atoms with Gasteiger partial charge in [0, 0.05) is 0 Å². The molecule has 7 heteroatoms. The average Bonchev–Trinajstić information content (AvgIpc) is 2.58. The average molecular weight is 309 g/mol. The SMILES string of the molecule is O=C(OCCN1C(=O)c2ccccc2S1(=O)=O)C1CCC1. The summed E-state index contributed by atoms with van der Waals surface area (Å²) in [6, 6.07) is 6.08. The van der Waals surface area contributed by atoms with E-state index in [1.54, 1.807) is 12.1 Å². The van der Waals surface area contributed by atoms with Crippen LogP contribution in [0.25, 0.3) is 0 Å². The standard InChI is InChI=1S/C14H15NO5S/c16-13-11-6-1-2-7-12(11)21(18,19)15(13)8-9-20-14(17)10-4-3-5-10/h1-2,6-7,10H,3-5,8-9H2. The van der Waals surface area contributed by atoms with Gasteiger partial charge in [-0.05, 0) is 25.0 Å². The Kier molecular flexibility index (Phi) is 3.44. The highest BCUT2D eigenvalue weighted by atomic mass is 32.2. The first kappa shape index (κ1) is 14.1. The van der Waals surface area contributed by atoms with Gasteiger partial charge in [-0.1, -0.05) is 18.6 Å². The lowest BCUT2D eigenvalue weighted by Crippen LogP contribution is -2.34. The van der Waals surface area contributed by atoms with E-state index < -0.39 is 15.9 Å². The topological polar surface area (TPSA) is 80.8 Å². The predicted octanol–water partition coefficient (Wildman–Crippen LogP) is 1.17. The quantitative estimate of drug-likeness (QED) is 0.780. The van der Waals surface area contributed by atoms with Crippen molar-refractivity contribution >= 4 is 21.9 Å². The van der Waals surface area contributed by atoms with Gasteiger partial charge in [-0.25, -0.2) is 12.7 Å². The van der Waals surface area contributed by atoms with Crippen LogP contribution in [0.3, 0.4) is 0 Å². The Balaban J connectivity index is 1.67. The molecule has 0 atom stereocenters. The molecule has 0 aromatic heterocycles. The Morgan fingerprint density at radius 2 is 2.00 bits per heavy atom. The van der Waals surface area contributed by atoms with E-state index in [4.69, 9.17) is 4.74 Å². The van der Waals surface area contributed by atoms with Crippen LogP contribution in [0.1, 0.15) is 29.6 Å². The van der Waals surface area contributed by atoms with Crippen LogP contribution in [0.2, 0.25) is 0 Å². The zero-order chi connectivity index (χ0) is 15.0. The predicted molar refractivity (Wildman–Crippen MR) is 73.0 cm³/mol. The molecule has 1 aliphatic carbocycles. The normalized spacial score (nSPS) is 20.0. The van der Waals surface area contributed by atoms with Crippen molar-refractivity contribution in [2.45, 2.75) is 24.2 Å². The minimum Gasteiger partial charge on any atom is -0.464 e. The highest BCUT2D eigenvalue weighted by Gasteiger charge is 2.40. The summed E-state index contributed by atoms with van der Waals surface area (Å²) in [5.41, 5.74) is 0.169. The monoisotopic (exact) mass is 309 g/mol. The number of hydrogen-bond acceptors (Lipinski definition) is 5. The van der Waals surface area contributed by atoms with Crippen LogP contribution in [0.5, 0.6) is 0 Å². The summed E-state index contributed by atoms with van der Waals surface area (Å²) >= 11 is 0. The molecule has 1 saturated carbocycles. The van der Waals surface area contributed by atoms with Crippen LogP contribution in [0.4, 0.5) is 0 Å². The highest BCUT2D eigenvalue weighted by molar-refractivity contribution is 7.90. The van der Waals surface area contributed by atoms with E-state index >= 15 is 0 Å². The molecule has 1 aromatic carbocycles. The summed E-state index contributed by atoms with van der Waals surface area (Å²) in [7, 11) is -3.81. The maximum absolute atomic E-state index is 12.2. The number of amides is 1. The summed E-state index contributed by atoms with van der Waals surface area (Å²) in [6.07, 6.45) is 2.67. The molecular formula is C14H15NO5S. The Morgan fingerprint density at radius 1 is 1.29 bits per heavy atom. The molecule has 0 N–H and O–H groups in total. The molecule has 0 radical (unpaired) electrons. The fourth-order valence-electron chi connectivity index (χ4n) is 2.44. The number of carbonyl (C=O) groups excluding carboxylic acids is 2. The van der Waals surface area contributed by atoms with Crippen molar-refractivity contribution in [1.29, 1.82) is 0 Å². The van der Waals surface area contributed by atoms with Crippen molar-refractivity contribution in [3.05, 3.63) is 29.8 Å². The van der Waals surface area contributed by atoms with E-state index in [0.717, 1.165) is 23.6 Å². The molecule has 1 amide bonds. The Labute approximate surface area is 122 Å². The first-order valence-electron chi connectivity index (χ1n) is 6.84. The molecule has 2 aliphatic rings. The fourth-order valence-corrected chi connectivity index (χ4v) is 4.00. The van der Waals surface area contributed by atoms with E-state index in [2.05, 4.69) is 0 Å². The Bertz CT molecular complexity index is 693. The lowest BCUT2D eigenvalue weighted by Gasteiger charge is -2.23. The second kappa shape index (κ2) is 5.14. The second-order valence-electron chi connectivity index (χ2n) is 5.17. The van der Waals surface area contributed by atoms with Crippen LogP contribution in [-0.4, -0.2) is 37.8 Å². The molecule has 0 spiro atoms. The van der Waals surface area contributed by atoms with Gasteiger partial charge in [0.05, 0.1) is 18.0 Å². The summed E-state index contributed by atoms with van der Waals surface area (Å²) in [5, 5.41) is 0. The number of nitrogens with zero attached hydrogens (tertiary/aromatic N) is 1. The largest absolute Gasteiger partial charge is 0.464 e. The molecule has 1 fully saturated rings. The number of carbonyl (C=O) groups is 2. The van der Waals surface area contributed by atoms with E-state index in [1.807, 2.05) is 0 Å². The molecular weight excluding hydrogens is 294 g/mol. The maximum atomic E-state index is 12.2. The van der Waals surface area contributed by atoms with Gasteiger partial charge in [-0.2, -0.15) is 0 Å². The number of benzene rings is 1. The van der Waals surface area contributed by atoms with Gasteiger partial charge >= 0.3 is 5.97 Å². The lowest BCUT2D eigenvalue weighted by atomic mass is 9.86. The second-order valence-corrected chi connectivity index (χ2v) is 7.00. The zero-order valence-corrected chi connectivity index (χ0v) is 12.1. The van der Waals surface area contributed by atoms with Gasteiger partial charge in [0.2, 0.25) is 0 Å². The molecule has 112 valence electrons. The van der Waals surface area contributed by atoms with Crippen molar-refractivity contribution in [3.63, 3.8) is 0 Å². The molecule has 1 heterocycles. The van der Waals surface area contributed by atoms with E-state index in [1.165, 1.54) is 12.1 Å². The summed E-state index contributed by atoms with van der Waals surface area (Å²) in [5.74, 6) is -0.929. The number of rotatable bonds is 4. The van der Waals surface area contributed by atoms with Crippen molar-refractivity contribution < 1.29 is 22.7 Å². The van der Waals surface area contributed by atoms with Gasteiger partial charge in [0.15, 0.2) is 0 Å². The van der Waals surface area contributed by atoms with Gasteiger partial charge in [-0.3, -0.25) is 9.59 Å². The van der Waals surface area contributed by atoms with Crippen molar-refractivity contribution in [1.82, 2.24) is 4.31 Å². The molecule has 6 nitrogen and oxygen atoms in total. The van der Waals surface area contributed by atoms with Gasteiger partial charge in [0.25, 0.3) is 15.9 Å². The number of fused-ring (bicyclic) bond motifs is 1. The Hall–Kier alpha value is -1.89. The van der Waals surface area contributed by atoms with Crippen LogP contribution < -0.4 is 0 Å². The number of hydrogen-bond donors (Lipinski definition) is 0. The van der Waals surface area contributed by atoms with Crippen molar-refractivity contribution in [3.8, 4) is 0 Å². The highest BCUT2D eigenvalue weighted by Crippen LogP contribution is 2.30. The van der Waals surface area contributed by atoms with Crippen LogP contribution in [0.15, 0.2) is 29.2 Å². The van der Waals surface area contributed by atoms with Gasteiger partial charge in [0.1, 0.15) is 11.5 Å². The summed E-state index contributed by atoms with van der Waals surface area (Å²) in [4.78, 5) is 23.7. The minimum absolute atomic E-state index is 0.0142. The van der Waals surface area contributed by atoms with Gasteiger partial charge < -0.3 is 4.74 Å². The van der Waals surface area contributed by atoms with Crippen LogP contribution in [0, 0.1) is 5.92 Å². The van der Waals surface area contributed by atoms with Crippen LogP contribution >= 0.6 is 0 Å². The number of ether oxygens (including phenoxy) is 1. The maximum Gasteiger partial charge on any atom is 0.308 e. The molecule has 21 heavy (non-hydrogen) atoms. The third kappa shape index (κ3) is 2.31. The van der Waals surface area contributed by atoms with E-state index in [-0.39, 0.29) is 35.5 Å². The summed E-state index contributed by atoms with van der Waals surface area (Å²) in [6.45, 7) is -0.247. The molecule has 1 aromatic rings. The third-order valence-electron chi connectivity index (χ3n) is 3.89. The molecule has 0 unspecified atom stereocenters. The third-order valence-corrected chi connectivity index (χ3v) is 5.73. The minimum atomic E-state index is -3.81. The zero-order valence-electron chi connectivity index (χ0n) is 11.3. The number of esters is 1. The van der Waals surface area contributed by atoms with E-state index in [9.17, 15) is 18.0 Å². The van der Waals surface area contributed by atoms with Crippen LogP contribution in [-0.2, 0) is 19.6 Å². The first-order chi connectivity index (χ1) is 10.0. The molecule has 0 bridgehead atoms. The molecule has 1 aliphatic heterocycles. The van der Waals surface area contributed by atoms with Gasteiger partial charge in [-0.15, -0.1) is 0 Å². The van der Waals surface area contributed by atoms with Crippen molar-refractivity contribution in [2.75, 3.05) is 13.2 Å². The summed E-state index contributed by atoms with van der Waals surface area (Å²) < 4.78 is 30.3. The fraction of sp³-hybridized carbons (Fsp3) is 0.429. The van der Waals surface area contributed by atoms with E-state index in [0.29, 0.717) is 0 Å².